The van der Waals surface area contributed by atoms with Crippen molar-refractivity contribution >= 4 is 21.6 Å². The van der Waals surface area contributed by atoms with Crippen molar-refractivity contribution in [1.29, 1.82) is 5.26 Å². The van der Waals surface area contributed by atoms with Gasteiger partial charge in [0.2, 0.25) is 15.9 Å². The van der Waals surface area contributed by atoms with Gasteiger partial charge in [0.05, 0.1) is 30.7 Å². The number of hydrogen-bond acceptors (Lipinski definition) is 6. The fourth-order valence-corrected chi connectivity index (χ4v) is 4.43. The molecule has 27 heavy (non-hydrogen) atoms. The molecule has 0 saturated carbocycles. The molecule has 1 aromatic rings. The zero-order valence-electron chi connectivity index (χ0n) is 15.3. The molecular formula is C18H23N3O5S. The van der Waals surface area contributed by atoms with Gasteiger partial charge in [-0.05, 0) is 12.1 Å². The van der Waals surface area contributed by atoms with E-state index in [0.29, 0.717) is 44.8 Å². The highest BCUT2D eigenvalue weighted by molar-refractivity contribution is 7.92. The fourth-order valence-electron chi connectivity index (χ4n) is 3.49. The third-order valence-corrected chi connectivity index (χ3v) is 6.09. The summed E-state index contributed by atoms with van der Waals surface area (Å²) < 4.78 is 36.9. The molecule has 1 amide bonds. The normalized spacial score (nSPS) is 19.0. The average molecular weight is 393 g/mol. The number of carbonyl (C=O) groups excluding carboxylic acids is 1. The van der Waals surface area contributed by atoms with Gasteiger partial charge in [-0.3, -0.25) is 9.10 Å². The molecule has 0 aliphatic carbocycles. The molecule has 0 bridgehead atoms. The molecule has 146 valence electrons. The Balaban J connectivity index is 1.64. The number of para-hydroxylation sites is 1. The molecule has 2 heterocycles. The van der Waals surface area contributed by atoms with Gasteiger partial charge in [-0.1, -0.05) is 12.1 Å². The number of piperidine rings is 1. The second kappa shape index (κ2) is 7.84. The summed E-state index contributed by atoms with van der Waals surface area (Å²) >= 11 is 0. The third kappa shape index (κ3) is 4.40. The summed E-state index contributed by atoms with van der Waals surface area (Å²) in [4.78, 5) is 14.3. The van der Waals surface area contributed by atoms with Gasteiger partial charge >= 0.3 is 0 Å². The van der Waals surface area contributed by atoms with Gasteiger partial charge in [-0.2, -0.15) is 5.26 Å². The lowest BCUT2D eigenvalue weighted by atomic mass is 10.0. The third-order valence-electron chi connectivity index (χ3n) is 4.91. The minimum absolute atomic E-state index is 0.00893. The van der Waals surface area contributed by atoms with Gasteiger partial charge < -0.3 is 14.4 Å². The molecule has 1 aromatic carbocycles. The quantitative estimate of drug-likeness (QED) is 0.742. The summed E-state index contributed by atoms with van der Waals surface area (Å²) in [5, 5.41) is 9.24. The van der Waals surface area contributed by atoms with E-state index >= 15 is 0 Å². The van der Waals surface area contributed by atoms with Crippen molar-refractivity contribution in [2.24, 2.45) is 0 Å². The molecule has 0 aromatic heterocycles. The number of carbonyl (C=O) groups is 1. The number of nitrogens with zero attached hydrogens (tertiary/aromatic N) is 3. The van der Waals surface area contributed by atoms with Gasteiger partial charge in [0, 0.05) is 38.9 Å². The Hall–Kier alpha value is -2.15. The zero-order chi connectivity index (χ0) is 19.5. The van der Waals surface area contributed by atoms with Gasteiger partial charge in [0.25, 0.3) is 0 Å². The highest BCUT2D eigenvalue weighted by atomic mass is 32.2. The molecule has 2 aliphatic rings. The van der Waals surface area contributed by atoms with Crippen molar-refractivity contribution in [1.82, 2.24) is 4.90 Å². The van der Waals surface area contributed by atoms with Crippen molar-refractivity contribution in [3.05, 3.63) is 29.8 Å². The number of benzene rings is 1. The predicted molar refractivity (Wildman–Crippen MR) is 98.4 cm³/mol. The van der Waals surface area contributed by atoms with Crippen molar-refractivity contribution in [2.75, 3.05) is 43.4 Å². The maximum atomic E-state index is 12.6. The highest BCUT2D eigenvalue weighted by Gasteiger charge is 2.40. The molecule has 2 saturated heterocycles. The van der Waals surface area contributed by atoms with Gasteiger partial charge in [0.1, 0.15) is 6.07 Å². The van der Waals surface area contributed by atoms with E-state index in [1.54, 1.807) is 29.2 Å². The summed E-state index contributed by atoms with van der Waals surface area (Å²) in [5.74, 6) is -0.674. The van der Waals surface area contributed by atoms with Gasteiger partial charge in [0.15, 0.2) is 5.79 Å². The summed E-state index contributed by atoms with van der Waals surface area (Å²) in [6, 6.07) is 8.47. The van der Waals surface area contributed by atoms with Crippen molar-refractivity contribution in [3.8, 4) is 6.07 Å². The first-order chi connectivity index (χ1) is 12.8. The average Bonchev–Trinajstić information content (AvgIpc) is 3.09. The molecule has 0 atom stereocenters. The van der Waals surface area contributed by atoms with Crippen LogP contribution in [0.1, 0.15) is 24.8 Å². The van der Waals surface area contributed by atoms with E-state index in [1.165, 1.54) is 0 Å². The molecule has 2 aliphatic heterocycles. The van der Waals surface area contributed by atoms with E-state index in [9.17, 15) is 18.5 Å². The van der Waals surface area contributed by atoms with Crippen LogP contribution in [0, 0.1) is 11.3 Å². The number of likely N-dealkylation sites (tertiary alicyclic amines) is 1. The monoisotopic (exact) mass is 393 g/mol. The molecule has 0 radical (unpaired) electrons. The SMILES string of the molecule is CS(=O)(=O)N(CCC(=O)N1CCC2(CC1)OCCO2)c1ccccc1C#N. The number of rotatable bonds is 5. The Morgan fingerprint density at radius 2 is 1.89 bits per heavy atom. The number of sulfonamides is 1. The van der Waals surface area contributed by atoms with Gasteiger partial charge in [-0.25, -0.2) is 8.42 Å². The standard InChI is InChI=1S/C18H23N3O5S/c1-27(23,24)21(16-5-3-2-4-15(16)14-19)9-6-17(22)20-10-7-18(8-11-20)25-12-13-26-18/h2-5H,6-13H2,1H3. The molecule has 2 fully saturated rings. The summed E-state index contributed by atoms with van der Waals surface area (Å²) in [6.07, 6.45) is 2.35. The van der Waals surface area contributed by atoms with Crippen molar-refractivity contribution < 1.29 is 22.7 Å². The van der Waals surface area contributed by atoms with Crippen LogP contribution < -0.4 is 4.31 Å². The number of anilines is 1. The van der Waals surface area contributed by atoms with E-state index in [2.05, 4.69) is 0 Å². The van der Waals surface area contributed by atoms with Gasteiger partial charge in [-0.15, -0.1) is 0 Å². The molecule has 1 spiro atoms. The van der Waals surface area contributed by atoms with Crippen LogP contribution in [0.2, 0.25) is 0 Å². The first-order valence-corrected chi connectivity index (χ1v) is 10.7. The number of hydrogen-bond donors (Lipinski definition) is 0. The minimum atomic E-state index is -3.62. The Morgan fingerprint density at radius 3 is 2.48 bits per heavy atom. The van der Waals surface area contributed by atoms with Crippen LogP contribution in [-0.4, -0.2) is 64.1 Å². The van der Waals surface area contributed by atoms with E-state index in [-0.39, 0.29) is 24.4 Å². The van der Waals surface area contributed by atoms with E-state index in [4.69, 9.17) is 9.47 Å². The van der Waals surface area contributed by atoms with Crippen LogP contribution in [0.25, 0.3) is 0 Å². The highest BCUT2D eigenvalue weighted by Crippen LogP contribution is 2.31. The topological polar surface area (TPSA) is 99.9 Å². The van der Waals surface area contributed by atoms with E-state index in [0.717, 1.165) is 10.6 Å². The molecule has 0 N–H and O–H groups in total. The minimum Gasteiger partial charge on any atom is -0.347 e. The number of ether oxygens (including phenoxy) is 2. The van der Waals surface area contributed by atoms with Crippen LogP contribution >= 0.6 is 0 Å². The largest absolute Gasteiger partial charge is 0.347 e. The first-order valence-electron chi connectivity index (χ1n) is 8.87. The summed E-state index contributed by atoms with van der Waals surface area (Å²) in [6.45, 7) is 2.19. The maximum Gasteiger partial charge on any atom is 0.232 e. The summed E-state index contributed by atoms with van der Waals surface area (Å²) in [5.41, 5.74) is 0.548. The molecular weight excluding hydrogens is 370 g/mol. The van der Waals surface area contributed by atoms with E-state index in [1.807, 2.05) is 6.07 Å². The van der Waals surface area contributed by atoms with Crippen LogP contribution in [0.15, 0.2) is 24.3 Å². The van der Waals surface area contributed by atoms with Crippen LogP contribution in [0.5, 0.6) is 0 Å². The number of nitriles is 1. The second-order valence-electron chi connectivity index (χ2n) is 6.70. The first kappa shape index (κ1) is 19.6. The smallest absolute Gasteiger partial charge is 0.232 e. The molecule has 9 heteroatoms. The second-order valence-corrected chi connectivity index (χ2v) is 8.61. The number of amides is 1. The van der Waals surface area contributed by atoms with Crippen molar-refractivity contribution in [3.63, 3.8) is 0 Å². The molecule has 8 nitrogen and oxygen atoms in total. The lowest BCUT2D eigenvalue weighted by Crippen LogP contribution is -2.48. The lowest BCUT2D eigenvalue weighted by Gasteiger charge is -2.37. The molecule has 0 unspecified atom stereocenters. The Kier molecular flexibility index (Phi) is 5.69. The zero-order valence-corrected chi connectivity index (χ0v) is 16.1. The molecule has 3 rings (SSSR count). The fraction of sp³-hybridized carbons (Fsp3) is 0.556. The maximum absolute atomic E-state index is 12.6. The Labute approximate surface area is 159 Å². The van der Waals surface area contributed by atoms with Crippen LogP contribution in [0.3, 0.4) is 0 Å². The van der Waals surface area contributed by atoms with Crippen LogP contribution in [-0.2, 0) is 24.3 Å². The Bertz CT molecular complexity index is 833. The van der Waals surface area contributed by atoms with Crippen molar-refractivity contribution in [2.45, 2.75) is 25.0 Å². The Morgan fingerprint density at radius 1 is 1.26 bits per heavy atom. The predicted octanol–water partition coefficient (Wildman–Crippen LogP) is 1.08. The van der Waals surface area contributed by atoms with E-state index < -0.39 is 15.8 Å². The van der Waals surface area contributed by atoms with Crippen LogP contribution in [0.4, 0.5) is 5.69 Å². The summed E-state index contributed by atoms with van der Waals surface area (Å²) in [7, 11) is -3.62. The lowest BCUT2D eigenvalue weighted by molar-refractivity contribution is -0.187.